The Morgan fingerprint density at radius 3 is 2.29 bits per heavy atom. The third kappa shape index (κ3) is 1.45. The Balaban J connectivity index is 3.40. The largest absolute Gasteiger partial charge is 0.480 e. The lowest BCUT2D eigenvalue weighted by Crippen LogP contribution is -2.51. The van der Waals surface area contributed by atoms with Crippen molar-refractivity contribution in [2.24, 2.45) is 0 Å². The van der Waals surface area contributed by atoms with Crippen LogP contribution < -0.4 is 0 Å². The minimum Gasteiger partial charge on any atom is -0.480 e. The molecule has 5 nitrogen and oxygen atoms in total. The first-order chi connectivity index (χ1) is 6.32. The highest BCUT2D eigenvalue weighted by Crippen LogP contribution is 2.31. The van der Waals surface area contributed by atoms with Crippen LogP contribution in [0, 0.1) is 0 Å². The Labute approximate surface area is 85.4 Å². The molecule has 14 heavy (non-hydrogen) atoms. The summed E-state index contributed by atoms with van der Waals surface area (Å²) >= 11 is 5.56. The van der Waals surface area contributed by atoms with Gasteiger partial charge in [0.15, 0.2) is 0 Å². The molecule has 0 fully saturated rings. The molecule has 1 aliphatic rings. The van der Waals surface area contributed by atoms with Gasteiger partial charge in [0.25, 0.3) is 10.1 Å². The van der Waals surface area contributed by atoms with E-state index in [-0.39, 0.29) is 0 Å². The van der Waals surface area contributed by atoms with Crippen LogP contribution in [-0.4, -0.2) is 34.2 Å². The quantitative estimate of drug-likeness (QED) is 0.538. The van der Waals surface area contributed by atoms with Gasteiger partial charge in [-0.3, -0.25) is 4.55 Å². The van der Waals surface area contributed by atoms with Crippen molar-refractivity contribution in [2.45, 2.75) is 10.1 Å². The fourth-order valence-corrected chi connectivity index (χ4v) is 2.55. The Hall–Kier alpha value is -0.850. The van der Waals surface area contributed by atoms with Gasteiger partial charge in [-0.2, -0.15) is 8.42 Å². The molecular formula is C7H7ClO5S. The molecule has 2 unspecified atom stereocenters. The maximum Gasteiger partial charge on any atom is 0.333 e. The molecule has 0 saturated carbocycles. The van der Waals surface area contributed by atoms with Crippen LogP contribution >= 0.6 is 11.6 Å². The van der Waals surface area contributed by atoms with Crippen molar-refractivity contribution in [3.63, 3.8) is 0 Å². The molecule has 0 amide bonds. The molecule has 2 N–H and O–H groups in total. The summed E-state index contributed by atoms with van der Waals surface area (Å²) in [6.45, 7) is 0. The summed E-state index contributed by atoms with van der Waals surface area (Å²) in [6.07, 6.45) is 4.65. The van der Waals surface area contributed by atoms with Gasteiger partial charge in [-0.15, -0.1) is 11.6 Å². The zero-order valence-corrected chi connectivity index (χ0v) is 8.36. The third-order valence-electron chi connectivity index (χ3n) is 1.91. The van der Waals surface area contributed by atoms with E-state index in [1.54, 1.807) is 0 Å². The van der Waals surface area contributed by atoms with Gasteiger partial charge < -0.3 is 5.11 Å². The summed E-state index contributed by atoms with van der Waals surface area (Å²) in [5, 5.41) is 7.45. The summed E-state index contributed by atoms with van der Waals surface area (Å²) in [7, 11) is -4.81. The highest BCUT2D eigenvalue weighted by atomic mass is 35.5. The fourth-order valence-electron chi connectivity index (χ4n) is 1.12. The molecule has 1 aliphatic carbocycles. The number of rotatable bonds is 2. The molecule has 78 valence electrons. The number of aliphatic carboxylic acids is 1. The molecule has 2 atom stereocenters. The van der Waals surface area contributed by atoms with Gasteiger partial charge in [0, 0.05) is 0 Å². The predicted molar refractivity (Wildman–Crippen MR) is 49.8 cm³/mol. The molecule has 0 aromatic heterocycles. The lowest BCUT2D eigenvalue weighted by molar-refractivity contribution is -0.138. The SMILES string of the molecule is O=C(O)C1(S(=O)(=O)O)C=CC=CC1Cl. The van der Waals surface area contributed by atoms with Gasteiger partial charge in [-0.05, 0) is 6.08 Å². The smallest absolute Gasteiger partial charge is 0.333 e. The number of carbonyl (C=O) groups is 1. The van der Waals surface area contributed by atoms with Crippen molar-refractivity contribution in [3.05, 3.63) is 24.3 Å². The van der Waals surface area contributed by atoms with E-state index in [2.05, 4.69) is 0 Å². The van der Waals surface area contributed by atoms with Gasteiger partial charge in [-0.25, -0.2) is 4.79 Å². The first-order valence-corrected chi connectivity index (χ1v) is 5.40. The van der Waals surface area contributed by atoms with Crippen molar-refractivity contribution >= 4 is 27.7 Å². The molecule has 0 radical (unpaired) electrons. The standard InChI is InChI=1S/C7H7ClO5S/c8-5-3-1-2-4-7(5,6(9)10)14(11,12)13/h1-5H,(H,9,10)(H,11,12,13). The van der Waals surface area contributed by atoms with Crippen molar-refractivity contribution in [3.8, 4) is 0 Å². The van der Waals surface area contributed by atoms with E-state index in [9.17, 15) is 13.2 Å². The number of hydrogen-bond acceptors (Lipinski definition) is 3. The van der Waals surface area contributed by atoms with Crippen molar-refractivity contribution in [1.29, 1.82) is 0 Å². The number of carboxylic acids is 1. The molecule has 0 aromatic rings. The highest BCUT2D eigenvalue weighted by molar-refractivity contribution is 7.88. The third-order valence-corrected chi connectivity index (χ3v) is 3.94. The molecule has 1 rings (SSSR count). The van der Waals surface area contributed by atoms with E-state index >= 15 is 0 Å². The Morgan fingerprint density at radius 1 is 1.43 bits per heavy atom. The average molecular weight is 239 g/mol. The molecule has 0 bridgehead atoms. The molecule has 0 spiro atoms. The Bertz CT molecular complexity index is 410. The molecule has 0 aliphatic heterocycles. The summed E-state index contributed by atoms with van der Waals surface area (Å²) in [6, 6.07) is 0. The number of halogens is 1. The van der Waals surface area contributed by atoms with Crippen LogP contribution in [0.25, 0.3) is 0 Å². The lowest BCUT2D eigenvalue weighted by atomic mass is 9.99. The van der Waals surface area contributed by atoms with Gasteiger partial charge in [0.05, 0.1) is 5.38 Å². The molecule has 0 aromatic carbocycles. The second-order valence-electron chi connectivity index (χ2n) is 2.72. The van der Waals surface area contributed by atoms with E-state index in [1.807, 2.05) is 0 Å². The molecular weight excluding hydrogens is 232 g/mol. The molecule has 0 saturated heterocycles. The van der Waals surface area contributed by atoms with Crippen LogP contribution in [0.1, 0.15) is 0 Å². The maximum absolute atomic E-state index is 11.0. The normalized spacial score (nSPS) is 31.7. The second kappa shape index (κ2) is 3.38. The van der Waals surface area contributed by atoms with Gasteiger partial charge in [0.1, 0.15) is 0 Å². The van der Waals surface area contributed by atoms with Gasteiger partial charge >= 0.3 is 5.97 Å². The van der Waals surface area contributed by atoms with E-state index < -0.39 is 26.2 Å². The zero-order chi connectivity index (χ0) is 11.0. The maximum atomic E-state index is 11.0. The predicted octanol–water partition coefficient (Wildman–Crippen LogP) is 0.431. The van der Waals surface area contributed by atoms with E-state index in [1.165, 1.54) is 18.2 Å². The van der Waals surface area contributed by atoms with Crippen LogP contribution in [-0.2, 0) is 14.9 Å². The molecule has 0 heterocycles. The van der Waals surface area contributed by atoms with Gasteiger partial charge in [0.2, 0.25) is 4.75 Å². The summed E-state index contributed by atoms with van der Waals surface area (Å²) < 4.78 is 28.3. The van der Waals surface area contributed by atoms with E-state index in [4.69, 9.17) is 21.3 Å². The first kappa shape index (κ1) is 11.2. The molecule has 7 heteroatoms. The second-order valence-corrected chi connectivity index (χ2v) is 4.81. The van der Waals surface area contributed by atoms with E-state index in [0.29, 0.717) is 0 Å². The monoisotopic (exact) mass is 238 g/mol. The zero-order valence-electron chi connectivity index (χ0n) is 6.79. The van der Waals surface area contributed by atoms with Gasteiger partial charge in [-0.1, -0.05) is 18.2 Å². The number of alkyl halides is 1. The topological polar surface area (TPSA) is 91.7 Å². The lowest BCUT2D eigenvalue weighted by Gasteiger charge is -2.27. The minimum absolute atomic E-state index is 0.850. The van der Waals surface area contributed by atoms with Crippen molar-refractivity contribution in [1.82, 2.24) is 0 Å². The summed E-state index contributed by atoms with van der Waals surface area (Å²) in [4.78, 5) is 10.8. The summed E-state index contributed by atoms with van der Waals surface area (Å²) in [5.41, 5.74) is 0. The Morgan fingerprint density at radius 2 is 2.00 bits per heavy atom. The number of hydrogen-bond donors (Lipinski definition) is 2. The first-order valence-electron chi connectivity index (χ1n) is 3.53. The van der Waals surface area contributed by atoms with E-state index in [0.717, 1.165) is 6.08 Å². The number of allylic oxidation sites excluding steroid dienone is 3. The average Bonchev–Trinajstić information content (AvgIpc) is 2.02. The van der Waals surface area contributed by atoms with Crippen LogP contribution in [0.4, 0.5) is 0 Å². The van der Waals surface area contributed by atoms with Crippen LogP contribution in [0.5, 0.6) is 0 Å². The fraction of sp³-hybridized carbons (Fsp3) is 0.286. The Kier molecular flexibility index (Phi) is 2.71. The van der Waals surface area contributed by atoms with Crippen molar-refractivity contribution < 1.29 is 22.9 Å². The highest BCUT2D eigenvalue weighted by Gasteiger charge is 2.54. The van der Waals surface area contributed by atoms with Crippen LogP contribution in [0.3, 0.4) is 0 Å². The van der Waals surface area contributed by atoms with Crippen LogP contribution in [0.2, 0.25) is 0 Å². The van der Waals surface area contributed by atoms with Crippen molar-refractivity contribution in [2.75, 3.05) is 0 Å². The number of carboxylic acid groups (broad SMARTS) is 1. The van der Waals surface area contributed by atoms with Crippen LogP contribution in [0.15, 0.2) is 24.3 Å². The summed E-state index contributed by atoms with van der Waals surface area (Å²) in [5.74, 6) is -1.71. The minimum atomic E-state index is -4.81.